The van der Waals surface area contributed by atoms with Crippen molar-refractivity contribution < 1.29 is 0 Å². The largest absolute Gasteiger partial charge is 0.0991 e. The van der Waals surface area contributed by atoms with Gasteiger partial charge in [0, 0.05) is 0 Å². The van der Waals surface area contributed by atoms with Gasteiger partial charge in [-0.1, -0.05) is 160 Å². The summed E-state index contributed by atoms with van der Waals surface area (Å²) in [6, 6.07) is 17.2. The van der Waals surface area contributed by atoms with Crippen LogP contribution in [-0.4, -0.2) is 0 Å². The van der Waals surface area contributed by atoms with Crippen LogP contribution in [0.25, 0.3) is 11.1 Å². The Kier molecular flexibility index (Phi) is 18.3. The van der Waals surface area contributed by atoms with Gasteiger partial charge < -0.3 is 0 Å². The lowest BCUT2D eigenvalue weighted by Gasteiger charge is -2.34. The Morgan fingerprint density at radius 3 is 1.52 bits per heavy atom. The van der Waals surface area contributed by atoms with Crippen LogP contribution in [-0.2, 0) is 5.41 Å². The highest BCUT2D eigenvalue weighted by molar-refractivity contribution is 5.86. The summed E-state index contributed by atoms with van der Waals surface area (Å²) in [6.45, 7) is 30.6. The highest BCUT2D eigenvalue weighted by atomic mass is 14.5. The highest BCUT2D eigenvalue weighted by Crippen LogP contribution is 2.56. The molecule has 0 saturated carbocycles. The van der Waals surface area contributed by atoms with E-state index in [0.717, 1.165) is 11.1 Å². The number of allylic oxidation sites excluding steroid dienone is 7. The van der Waals surface area contributed by atoms with E-state index in [9.17, 15) is 0 Å². The maximum atomic E-state index is 4.44. The van der Waals surface area contributed by atoms with Gasteiger partial charge in [-0.15, -0.1) is 0 Å². The Morgan fingerprint density at radius 1 is 0.788 bits per heavy atom. The minimum absolute atomic E-state index is 0.400. The summed E-state index contributed by atoms with van der Waals surface area (Å²) in [5, 5.41) is 0. The van der Waals surface area contributed by atoms with Gasteiger partial charge in [-0.05, 0) is 40.3 Å². The standard InChI is InChI=1S/C24H22.C3H8.3C2H6/c1-5-8-13-18(4)24(19(6-2)7-3)22-16-11-9-14-20(22)21-15-10-12-17-23(21)24;1-3-2;3*1-2/h5-17H,1-2,4H2,3H3;3H2,1-2H3;3*1-2H3/b13-8-,19-7+;;;;. The minimum atomic E-state index is -0.400. The monoisotopic (exact) mass is 444 g/mol. The van der Waals surface area contributed by atoms with Crippen molar-refractivity contribution in [3.8, 4) is 11.1 Å². The molecule has 1 aliphatic rings. The second kappa shape index (κ2) is 18.7. The summed E-state index contributed by atoms with van der Waals surface area (Å²) >= 11 is 0. The quantitative estimate of drug-likeness (QED) is 0.402. The Bertz CT molecular complexity index is 844. The third-order valence-corrected chi connectivity index (χ3v) is 4.83. The molecule has 2 aromatic rings. The van der Waals surface area contributed by atoms with Gasteiger partial charge in [0.05, 0.1) is 5.41 Å². The molecule has 0 heteroatoms. The van der Waals surface area contributed by atoms with Gasteiger partial charge >= 0.3 is 0 Å². The van der Waals surface area contributed by atoms with Crippen LogP contribution in [0.15, 0.2) is 110 Å². The molecule has 0 atom stereocenters. The molecule has 0 N–H and O–H groups in total. The fourth-order valence-corrected chi connectivity index (χ4v) is 3.87. The molecule has 2 aromatic carbocycles. The molecular weight excluding hydrogens is 396 g/mol. The van der Waals surface area contributed by atoms with Crippen LogP contribution in [0.5, 0.6) is 0 Å². The van der Waals surface area contributed by atoms with E-state index in [1.165, 1.54) is 28.7 Å². The Labute approximate surface area is 206 Å². The third kappa shape index (κ3) is 7.06. The van der Waals surface area contributed by atoms with Crippen molar-refractivity contribution in [2.45, 2.75) is 74.1 Å². The van der Waals surface area contributed by atoms with Gasteiger partial charge in [-0.3, -0.25) is 0 Å². The summed E-state index contributed by atoms with van der Waals surface area (Å²) in [6.07, 6.45) is 11.1. The first-order chi connectivity index (χ1) is 16.1. The topological polar surface area (TPSA) is 0 Å². The molecule has 0 nitrogen and oxygen atoms in total. The lowest BCUT2D eigenvalue weighted by Crippen LogP contribution is -2.28. The van der Waals surface area contributed by atoms with E-state index in [0.29, 0.717) is 0 Å². The zero-order chi connectivity index (χ0) is 25.9. The molecule has 33 heavy (non-hydrogen) atoms. The molecule has 0 radical (unpaired) electrons. The van der Waals surface area contributed by atoms with Crippen LogP contribution < -0.4 is 0 Å². The van der Waals surface area contributed by atoms with Gasteiger partial charge in [0.25, 0.3) is 0 Å². The zero-order valence-corrected chi connectivity index (χ0v) is 22.8. The maximum Gasteiger partial charge on any atom is 0.0704 e. The van der Waals surface area contributed by atoms with Gasteiger partial charge in [0.2, 0.25) is 0 Å². The predicted molar refractivity (Wildman–Crippen MR) is 155 cm³/mol. The molecule has 0 bridgehead atoms. The molecule has 0 amide bonds. The van der Waals surface area contributed by atoms with E-state index in [1.54, 1.807) is 6.08 Å². The number of hydrogen-bond acceptors (Lipinski definition) is 0. The molecule has 0 spiro atoms. The van der Waals surface area contributed by atoms with Crippen molar-refractivity contribution in [3.63, 3.8) is 0 Å². The van der Waals surface area contributed by atoms with Crippen molar-refractivity contribution in [2.75, 3.05) is 0 Å². The summed E-state index contributed by atoms with van der Waals surface area (Å²) in [4.78, 5) is 0. The van der Waals surface area contributed by atoms with E-state index < -0.39 is 5.41 Å². The summed E-state index contributed by atoms with van der Waals surface area (Å²) in [5.41, 5.74) is 6.83. The lowest BCUT2D eigenvalue weighted by molar-refractivity contribution is 0.767. The van der Waals surface area contributed by atoms with Crippen LogP contribution in [0.3, 0.4) is 0 Å². The van der Waals surface area contributed by atoms with Gasteiger partial charge in [-0.25, -0.2) is 0 Å². The average molecular weight is 445 g/mol. The third-order valence-electron chi connectivity index (χ3n) is 4.83. The minimum Gasteiger partial charge on any atom is -0.0991 e. The predicted octanol–water partition coefficient (Wildman–Crippen LogP) is 10.9. The van der Waals surface area contributed by atoms with Crippen molar-refractivity contribution >= 4 is 0 Å². The number of rotatable bonds is 5. The zero-order valence-electron chi connectivity index (χ0n) is 22.8. The molecular formula is C33H48. The summed E-state index contributed by atoms with van der Waals surface area (Å²) < 4.78 is 0. The number of benzene rings is 2. The Morgan fingerprint density at radius 2 is 1.18 bits per heavy atom. The van der Waals surface area contributed by atoms with Crippen molar-refractivity contribution in [1.82, 2.24) is 0 Å². The second-order valence-electron chi connectivity index (χ2n) is 6.62. The molecule has 3 rings (SSSR count). The molecule has 0 unspecified atom stereocenters. The Balaban J connectivity index is 0. The van der Waals surface area contributed by atoms with E-state index >= 15 is 0 Å². The summed E-state index contributed by atoms with van der Waals surface area (Å²) in [5.74, 6) is 0. The molecule has 1 aliphatic carbocycles. The van der Waals surface area contributed by atoms with E-state index in [-0.39, 0.29) is 0 Å². The first-order valence-corrected chi connectivity index (χ1v) is 12.6. The van der Waals surface area contributed by atoms with Crippen molar-refractivity contribution in [1.29, 1.82) is 0 Å². The van der Waals surface area contributed by atoms with E-state index in [1.807, 2.05) is 53.7 Å². The van der Waals surface area contributed by atoms with Crippen LogP contribution in [0.1, 0.15) is 79.9 Å². The van der Waals surface area contributed by atoms with Crippen LogP contribution in [0.2, 0.25) is 0 Å². The molecule has 0 aromatic heterocycles. The fraction of sp³-hybridized carbons (Fsp3) is 0.333. The fourth-order valence-electron chi connectivity index (χ4n) is 3.87. The Hall–Kier alpha value is -2.86. The summed E-state index contributed by atoms with van der Waals surface area (Å²) in [7, 11) is 0. The number of fused-ring (bicyclic) bond motifs is 3. The van der Waals surface area contributed by atoms with Crippen LogP contribution >= 0.6 is 0 Å². The van der Waals surface area contributed by atoms with E-state index in [4.69, 9.17) is 0 Å². The highest BCUT2D eigenvalue weighted by Gasteiger charge is 2.45. The molecule has 180 valence electrons. The van der Waals surface area contributed by atoms with Gasteiger partial charge in [0.15, 0.2) is 0 Å². The van der Waals surface area contributed by atoms with E-state index in [2.05, 4.69) is 101 Å². The lowest BCUT2D eigenvalue weighted by atomic mass is 9.67. The van der Waals surface area contributed by atoms with Crippen molar-refractivity contribution in [3.05, 3.63) is 121 Å². The first kappa shape index (κ1) is 32.3. The second-order valence-corrected chi connectivity index (χ2v) is 6.62. The van der Waals surface area contributed by atoms with Gasteiger partial charge in [0.1, 0.15) is 0 Å². The number of hydrogen-bond donors (Lipinski definition) is 0. The molecule has 0 saturated heterocycles. The molecule has 0 heterocycles. The SMILES string of the molecule is C=C/C=C\C(=C)C1(/C(C=C)=C/C)c2ccccc2-c2ccccc21.CC.CC.CC.CCC. The van der Waals surface area contributed by atoms with Crippen LogP contribution in [0, 0.1) is 0 Å². The van der Waals surface area contributed by atoms with Crippen molar-refractivity contribution in [2.24, 2.45) is 0 Å². The normalized spacial score (nSPS) is 12.0. The average Bonchev–Trinajstić information content (AvgIpc) is 3.19. The first-order valence-electron chi connectivity index (χ1n) is 12.6. The smallest absolute Gasteiger partial charge is 0.0704 e. The van der Waals surface area contributed by atoms with Crippen LogP contribution in [0.4, 0.5) is 0 Å². The molecule has 0 fully saturated rings. The van der Waals surface area contributed by atoms with Gasteiger partial charge in [-0.2, -0.15) is 0 Å². The molecule has 0 aliphatic heterocycles. The maximum absolute atomic E-state index is 4.44.